The molecule has 5 heteroatoms. The van der Waals surface area contributed by atoms with Crippen LogP contribution in [0.15, 0.2) is 63.7 Å². The fourth-order valence-electron chi connectivity index (χ4n) is 2.27. The fraction of sp³-hybridized carbons (Fsp3) is 0.111. The second kappa shape index (κ2) is 7.11. The largest absolute Gasteiger partial charge is 0.309 e. The van der Waals surface area contributed by atoms with Gasteiger partial charge < -0.3 is 5.32 Å². The van der Waals surface area contributed by atoms with Gasteiger partial charge in [-0.25, -0.2) is 4.99 Å². The van der Waals surface area contributed by atoms with Crippen molar-refractivity contribution in [2.75, 3.05) is 0 Å². The Morgan fingerprint density at radius 1 is 1.04 bits per heavy atom. The van der Waals surface area contributed by atoms with Crippen molar-refractivity contribution >= 4 is 45.3 Å². The number of aryl methyl sites for hydroxylation is 1. The van der Waals surface area contributed by atoms with Crippen LogP contribution < -0.4 is 5.32 Å². The molecule has 0 saturated heterocycles. The summed E-state index contributed by atoms with van der Waals surface area (Å²) >= 11 is 9.26. The quantitative estimate of drug-likeness (QED) is 0.763. The lowest BCUT2D eigenvalue weighted by Gasteiger charge is -2.01. The van der Waals surface area contributed by atoms with Gasteiger partial charge >= 0.3 is 0 Å². The summed E-state index contributed by atoms with van der Waals surface area (Å²) in [5, 5.41) is 3.55. The maximum Gasteiger partial charge on any atom is 0.275 e. The highest BCUT2D eigenvalue weighted by atomic mass is 79.9. The van der Waals surface area contributed by atoms with Gasteiger partial charge in [0.2, 0.25) is 0 Å². The smallest absolute Gasteiger partial charge is 0.275 e. The summed E-state index contributed by atoms with van der Waals surface area (Å²) in [7, 11) is 0. The van der Waals surface area contributed by atoms with Crippen molar-refractivity contribution in [3.63, 3.8) is 0 Å². The first-order valence-corrected chi connectivity index (χ1v) is 8.38. The van der Waals surface area contributed by atoms with E-state index < -0.39 is 0 Å². The maximum absolute atomic E-state index is 12.0. The van der Waals surface area contributed by atoms with Crippen molar-refractivity contribution in [3.8, 4) is 0 Å². The zero-order valence-electron chi connectivity index (χ0n) is 12.2. The van der Waals surface area contributed by atoms with Crippen molar-refractivity contribution in [2.45, 2.75) is 12.8 Å². The molecule has 23 heavy (non-hydrogen) atoms. The minimum Gasteiger partial charge on any atom is -0.309 e. The molecule has 0 aliphatic carbocycles. The molecule has 0 fully saturated rings. The number of hydrogen-bond acceptors (Lipinski definition) is 2. The molecule has 1 amide bonds. The summed E-state index contributed by atoms with van der Waals surface area (Å²) in [6, 6.07) is 15.4. The third kappa shape index (κ3) is 4.30. The molecule has 1 N–H and O–H groups in total. The number of rotatable bonds is 4. The number of benzene rings is 2. The molecule has 1 aliphatic heterocycles. The zero-order valence-corrected chi connectivity index (χ0v) is 14.6. The number of carbonyl (C=O) groups is 1. The highest BCUT2D eigenvalue weighted by molar-refractivity contribution is 9.10. The van der Waals surface area contributed by atoms with Gasteiger partial charge in [0.1, 0.15) is 11.5 Å². The van der Waals surface area contributed by atoms with Crippen LogP contribution in [0.3, 0.4) is 0 Å². The van der Waals surface area contributed by atoms with Crippen LogP contribution in [-0.4, -0.2) is 11.7 Å². The average molecular weight is 390 g/mol. The molecule has 1 heterocycles. The van der Waals surface area contributed by atoms with E-state index >= 15 is 0 Å². The van der Waals surface area contributed by atoms with E-state index in [0.29, 0.717) is 18.0 Å². The number of nitrogens with zero attached hydrogens (tertiary/aromatic N) is 1. The monoisotopic (exact) mass is 388 g/mol. The van der Waals surface area contributed by atoms with E-state index in [2.05, 4.69) is 26.2 Å². The molecule has 0 aromatic heterocycles. The van der Waals surface area contributed by atoms with E-state index in [1.807, 2.05) is 48.5 Å². The Morgan fingerprint density at radius 3 is 2.43 bits per heavy atom. The maximum atomic E-state index is 12.0. The summed E-state index contributed by atoms with van der Waals surface area (Å²) in [5.41, 5.74) is 2.55. The van der Waals surface area contributed by atoms with Gasteiger partial charge in [0.25, 0.3) is 5.91 Å². The van der Waals surface area contributed by atoms with Gasteiger partial charge in [-0.2, -0.15) is 0 Å². The van der Waals surface area contributed by atoms with E-state index in [1.54, 1.807) is 6.08 Å². The highest BCUT2D eigenvalue weighted by Gasteiger charge is 2.19. The Balaban J connectivity index is 1.68. The molecule has 3 rings (SSSR count). The predicted octanol–water partition coefficient (Wildman–Crippen LogP) is 4.60. The third-order valence-corrected chi connectivity index (χ3v) is 4.26. The summed E-state index contributed by atoms with van der Waals surface area (Å²) in [6.07, 6.45) is 3.28. The molecule has 3 nitrogen and oxygen atoms in total. The van der Waals surface area contributed by atoms with Gasteiger partial charge in [0.15, 0.2) is 0 Å². The standard InChI is InChI=1S/C18H14BrClN2O/c19-14-6-1-13(2-7-14)11-16-18(23)22-17(21-16)10-5-12-3-8-15(20)9-4-12/h1-4,6-9,11H,5,10H2,(H,21,22,23)/b16-11+. The summed E-state index contributed by atoms with van der Waals surface area (Å²) in [4.78, 5) is 16.4. The van der Waals surface area contributed by atoms with E-state index in [4.69, 9.17) is 11.6 Å². The first-order valence-electron chi connectivity index (χ1n) is 7.21. The van der Waals surface area contributed by atoms with Crippen molar-refractivity contribution in [3.05, 3.63) is 74.9 Å². The Labute approximate surface area is 148 Å². The van der Waals surface area contributed by atoms with Crippen LogP contribution in [0, 0.1) is 0 Å². The molecule has 116 valence electrons. The van der Waals surface area contributed by atoms with Crippen LogP contribution in [0.4, 0.5) is 0 Å². The number of carbonyl (C=O) groups excluding carboxylic acids is 1. The number of amides is 1. The Bertz CT molecular complexity index is 780. The van der Waals surface area contributed by atoms with Crippen LogP contribution in [0.2, 0.25) is 5.02 Å². The third-order valence-electron chi connectivity index (χ3n) is 3.48. The number of amidine groups is 1. The minimum absolute atomic E-state index is 0.154. The number of halogens is 2. The average Bonchev–Trinajstić information content (AvgIpc) is 2.89. The number of nitrogens with one attached hydrogen (secondary N) is 1. The van der Waals surface area contributed by atoms with E-state index in [9.17, 15) is 4.79 Å². The molecule has 0 saturated carbocycles. The van der Waals surface area contributed by atoms with Gasteiger partial charge in [0.05, 0.1) is 0 Å². The molecular weight excluding hydrogens is 376 g/mol. The summed E-state index contributed by atoms with van der Waals surface area (Å²) in [6.45, 7) is 0. The van der Waals surface area contributed by atoms with Crippen molar-refractivity contribution in [2.24, 2.45) is 4.99 Å². The number of hydrogen-bond donors (Lipinski definition) is 1. The normalized spacial score (nSPS) is 15.7. The summed E-state index contributed by atoms with van der Waals surface area (Å²) in [5.74, 6) is 0.548. The SMILES string of the molecule is O=C1NC(CCc2ccc(Cl)cc2)=N/C1=C/c1ccc(Br)cc1. The molecular formula is C18H14BrClN2O. The van der Waals surface area contributed by atoms with Crippen LogP contribution in [0.1, 0.15) is 17.5 Å². The summed E-state index contributed by atoms with van der Waals surface area (Å²) < 4.78 is 1.00. The molecule has 0 radical (unpaired) electrons. The van der Waals surface area contributed by atoms with Crippen LogP contribution in [0.5, 0.6) is 0 Å². The van der Waals surface area contributed by atoms with Crippen LogP contribution in [-0.2, 0) is 11.2 Å². The van der Waals surface area contributed by atoms with E-state index in [0.717, 1.165) is 27.0 Å². The molecule has 2 aromatic carbocycles. The first kappa shape index (κ1) is 16.0. The molecule has 1 aliphatic rings. The van der Waals surface area contributed by atoms with E-state index in [1.165, 1.54) is 0 Å². The molecule has 2 aromatic rings. The molecule has 0 atom stereocenters. The van der Waals surface area contributed by atoms with Gasteiger partial charge in [0, 0.05) is 15.9 Å². The topological polar surface area (TPSA) is 41.5 Å². The second-order valence-corrected chi connectivity index (χ2v) is 6.57. The second-order valence-electron chi connectivity index (χ2n) is 5.22. The van der Waals surface area contributed by atoms with Gasteiger partial charge in [-0.15, -0.1) is 0 Å². The lowest BCUT2D eigenvalue weighted by molar-refractivity contribution is -0.115. The zero-order chi connectivity index (χ0) is 16.2. The minimum atomic E-state index is -0.154. The molecule has 0 unspecified atom stereocenters. The van der Waals surface area contributed by atoms with Crippen LogP contribution >= 0.6 is 27.5 Å². The highest BCUT2D eigenvalue weighted by Crippen LogP contribution is 2.17. The lowest BCUT2D eigenvalue weighted by Crippen LogP contribution is -2.24. The van der Waals surface area contributed by atoms with Crippen molar-refractivity contribution in [1.29, 1.82) is 0 Å². The number of aliphatic imine (C=N–C) groups is 1. The fourth-order valence-corrected chi connectivity index (χ4v) is 2.66. The van der Waals surface area contributed by atoms with E-state index in [-0.39, 0.29) is 5.91 Å². The van der Waals surface area contributed by atoms with Crippen LogP contribution in [0.25, 0.3) is 6.08 Å². The molecule has 0 spiro atoms. The van der Waals surface area contributed by atoms with Gasteiger partial charge in [-0.3, -0.25) is 4.79 Å². The molecule has 0 bridgehead atoms. The Morgan fingerprint density at radius 2 is 1.74 bits per heavy atom. The van der Waals surface area contributed by atoms with Gasteiger partial charge in [-0.1, -0.05) is 51.8 Å². The first-order chi connectivity index (χ1) is 11.1. The lowest BCUT2D eigenvalue weighted by atomic mass is 10.1. The predicted molar refractivity (Wildman–Crippen MR) is 97.5 cm³/mol. The Hall–Kier alpha value is -1.91. The van der Waals surface area contributed by atoms with Crippen molar-refractivity contribution in [1.82, 2.24) is 5.32 Å². The Kier molecular flexibility index (Phi) is 4.94. The van der Waals surface area contributed by atoms with Gasteiger partial charge in [-0.05, 0) is 47.9 Å². The van der Waals surface area contributed by atoms with Crippen molar-refractivity contribution < 1.29 is 4.79 Å².